The lowest BCUT2D eigenvalue weighted by Gasteiger charge is -2.11. The van der Waals surface area contributed by atoms with Gasteiger partial charge >= 0.3 is 5.69 Å². The maximum Gasteiger partial charge on any atom is 0.354 e. The van der Waals surface area contributed by atoms with Crippen LogP contribution in [0.25, 0.3) is 0 Å². The van der Waals surface area contributed by atoms with Crippen molar-refractivity contribution in [3.05, 3.63) is 46.5 Å². The third-order valence-electron chi connectivity index (χ3n) is 6.06. The molecule has 0 unspecified atom stereocenters. The van der Waals surface area contributed by atoms with Gasteiger partial charge in [0.05, 0.1) is 4.92 Å². The Hall–Kier alpha value is -3.30. The molecule has 3 N–H and O–H groups in total. The first-order valence-corrected chi connectivity index (χ1v) is 13.3. The minimum atomic E-state index is -0.561. The highest BCUT2D eigenvalue weighted by molar-refractivity contribution is 5.94. The topological polar surface area (TPSA) is 135 Å². The molecule has 2 rings (SSSR count). The van der Waals surface area contributed by atoms with E-state index in [-0.39, 0.29) is 17.3 Å². The Morgan fingerprint density at radius 2 is 1.36 bits per heavy atom. The van der Waals surface area contributed by atoms with E-state index < -0.39 is 10.8 Å². The largest absolute Gasteiger partial charge is 0.364 e. The summed E-state index contributed by atoms with van der Waals surface area (Å²) in [4.78, 5) is 35.1. The number of pyridine rings is 1. The number of anilines is 2. The molecule has 0 saturated carbocycles. The van der Waals surface area contributed by atoms with Crippen LogP contribution in [0.2, 0.25) is 0 Å². The molecule has 0 saturated heterocycles. The highest BCUT2D eigenvalue weighted by atomic mass is 16.6. The quantitative estimate of drug-likeness (QED) is 0.108. The van der Waals surface area contributed by atoms with Crippen LogP contribution in [0.1, 0.15) is 107 Å². The first-order valence-electron chi connectivity index (χ1n) is 13.3. The number of hydrogen-bond donors (Lipinski definition) is 3. The van der Waals surface area contributed by atoms with Crippen LogP contribution in [0, 0.1) is 10.1 Å². The number of carbonyl (C=O) groups excluding carboxylic acids is 1. The van der Waals surface area contributed by atoms with E-state index in [0.717, 1.165) is 12.8 Å². The van der Waals surface area contributed by atoms with Gasteiger partial charge in [-0.05, 0) is 18.6 Å². The Morgan fingerprint density at radius 1 is 0.833 bits per heavy atom. The molecular formula is C26H41N7O3. The van der Waals surface area contributed by atoms with Gasteiger partial charge in [0.15, 0.2) is 0 Å². The van der Waals surface area contributed by atoms with Gasteiger partial charge in [-0.25, -0.2) is 9.97 Å². The molecule has 0 atom stereocenters. The number of rotatable bonds is 20. The highest BCUT2D eigenvalue weighted by Gasteiger charge is 2.23. The normalized spacial score (nSPS) is 10.7. The van der Waals surface area contributed by atoms with Crippen molar-refractivity contribution in [1.29, 1.82) is 0 Å². The van der Waals surface area contributed by atoms with Crippen molar-refractivity contribution in [3.63, 3.8) is 0 Å². The van der Waals surface area contributed by atoms with Gasteiger partial charge in [-0.15, -0.1) is 0 Å². The van der Waals surface area contributed by atoms with E-state index in [1.54, 1.807) is 0 Å². The highest BCUT2D eigenvalue weighted by Crippen LogP contribution is 2.28. The predicted octanol–water partition coefficient (Wildman–Crippen LogP) is 6.43. The zero-order valence-electron chi connectivity index (χ0n) is 21.5. The molecule has 0 spiro atoms. The number of hydrogen-bond acceptors (Lipinski definition) is 8. The van der Waals surface area contributed by atoms with Gasteiger partial charge in [0.2, 0.25) is 11.6 Å². The summed E-state index contributed by atoms with van der Waals surface area (Å²) in [5.74, 6) is -0.409. The van der Waals surface area contributed by atoms with E-state index >= 15 is 0 Å². The summed E-state index contributed by atoms with van der Waals surface area (Å²) in [6.07, 6.45) is 22.1. The summed E-state index contributed by atoms with van der Waals surface area (Å²) < 4.78 is 0. The molecule has 0 aliphatic heterocycles. The number of amides is 1. The van der Waals surface area contributed by atoms with Gasteiger partial charge in [-0.2, -0.15) is 0 Å². The standard InChI is InChI=1S/C26H41N7O3/c1-2-3-4-5-6-7-8-9-10-11-12-13-14-15-18-28-24-23(33(35)36)25(30-21-29-24)31-32-26(34)22-16-19-27-20-17-22/h16-17,19-21H,2-15,18H2,1H3,(H,32,34)(H2,28,29,30,31). The van der Waals surface area contributed by atoms with E-state index in [1.165, 1.54) is 108 Å². The molecule has 10 heteroatoms. The molecule has 198 valence electrons. The maximum atomic E-state index is 12.2. The van der Waals surface area contributed by atoms with E-state index in [9.17, 15) is 14.9 Å². The molecule has 2 aromatic heterocycles. The number of hydrazine groups is 1. The summed E-state index contributed by atoms with van der Waals surface area (Å²) in [6, 6.07) is 3.07. The van der Waals surface area contributed by atoms with Crippen LogP contribution in [-0.4, -0.2) is 32.3 Å². The van der Waals surface area contributed by atoms with Gasteiger partial charge in [0.1, 0.15) is 6.33 Å². The van der Waals surface area contributed by atoms with Gasteiger partial charge in [0, 0.05) is 24.5 Å². The van der Waals surface area contributed by atoms with Crippen LogP contribution in [-0.2, 0) is 0 Å². The summed E-state index contributed by atoms with van der Waals surface area (Å²) in [5.41, 5.74) is 5.01. The number of nitrogens with zero attached hydrogens (tertiary/aromatic N) is 4. The second kappa shape index (κ2) is 18.0. The second-order valence-electron chi connectivity index (χ2n) is 9.01. The fourth-order valence-electron chi connectivity index (χ4n) is 3.99. The van der Waals surface area contributed by atoms with Crippen molar-refractivity contribution in [1.82, 2.24) is 20.4 Å². The third kappa shape index (κ3) is 11.4. The summed E-state index contributed by atoms with van der Waals surface area (Å²) in [5, 5.41) is 14.7. The van der Waals surface area contributed by atoms with Crippen LogP contribution in [0.3, 0.4) is 0 Å². The molecule has 36 heavy (non-hydrogen) atoms. The van der Waals surface area contributed by atoms with Crippen LogP contribution in [0.15, 0.2) is 30.9 Å². The van der Waals surface area contributed by atoms with Crippen LogP contribution >= 0.6 is 0 Å². The SMILES string of the molecule is CCCCCCCCCCCCCCCCNc1ncnc(NNC(=O)c2ccncc2)c1[N+](=O)[O-]. The van der Waals surface area contributed by atoms with Gasteiger partial charge in [0.25, 0.3) is 5.91 Å². The van der Waals surface area contributed by atoms with E-state index in [4.69, 9.17) is 0 Å². The molecule has 0 aliphatic carbocycles. The van der Waals surface area contributed by atoms with Crippen molar-refractivity contribution in [2.45, 2.75) is 96.8 Å². The molecule has 0 aromatic carbocycles. The van der Waals surface area contributed by atoms with Crippen molar-refractivity contribution in [2.75, 3.05) is 17.3 Å². The maximum absolute atomic E-state index is 12.2. The first-order chi connectivity index (χ1) is 17.6. The summed E-state index contributed by atoms with van der Waals surface area (Å²) in [6.45, 7) is 2.84. The molecule has 10 nitrogen and oxygen atoms in total. The van der Waals surface area contributed by atoms with Gasteiger partial charge < -0.3 is 5.32 Å². The van der Waals surface area contributed by atoms with E-state index in [0.29, 0.717) is 12.1 Å². The monoisotopic (exact) mass is 499 g/mol. The number of unbranched alkanes of at least 4 members (excludes halogenated alkanes) is 13. The molecule has 2 heterocycles. The Kier molecular flexibility index (Phi) is 14.5. The molecule has 0 bridgehead atoms. The molecule has 0 aliphatic rings. The minimum Gasteiger partial charge on any atom is -0.364 e. The Balaban J connectivity index is 1.61. The Bertz CT molecular complexity index is 896. The third-order valence-corrected chi connectivity index (χ3v) is 6.06. The molecule has 1 amide bonds. The molecule has 0 fully saturated rings. The Morgan fingerprint density at radius 3 is 1.92 bits per heavy atom. The lowest BCUT2D eigenvalue weighted by atomic mass is 10.0. The fraction of sp³-hybridized carbons (Fsp3) is 0.615. The average molecular weight is 500 g/mol. The van der Waals surface area contributed by atoms with E-state index in [2.05, 4.69) is 38.0 Å². The van der Waals surface area contributed by atoms with Crippen LogP contribution < -0.4 is 16.2 Å². The van der Waals surface area contributed by atoms with E-state index in [1.807, 2.05) is 0 Å². The smallest absolute Gasteiger partial charge is 0.354 e. The number of nitrogens with one attached hydrogen (secondary N) is 3. The minimum absolute atomic E-state index is 0.0825. The number of carbonyl (C=O) groups is 1. The van der Waals surface area contributed by atoms with Gasteiger partial charge in [-0.1, -0.05) is 90.4 Å². The number of nitro groups is 1. The van der Waals surface area contributed by atoms with Gasteiger partial charge in [-0.3, -0.25) is 30.7 Å². The fourth-order valence-corrected chi connectivity index (χ4v) is 3.99. The van der Waals surface area contributed by atoms with Crippen molar-refractivity contribution in [3.8, 4) is 0 Å². The lowest BCUT2D eigenvalue weighted by Crippen LogP contribution is -2.30. The summed E-state index contributed by atoms with van der Waals surface area (Å²) >= 11 is 0. The molecule has 0 radical (unpaired) electrons. The second-order valence-corrected chi connectivity index (χ2v) is 9.01. The summed E-state index contributed by atoms with van der Waals surface area (Å²) in [7, 11) is 0. The van der Waals surface area contributed by atoms with Crippen LogP contribution in [0.5, 0.6) is 0 Å². The predicted molar refractivity (Wildman–Crippen MR) is 143 cm³/mol. The van der Waals surface area contributed by atoms with Crippen LogP contribution in [0.4, 0.5) is 17.3 Å². The zero-order chi connectivity index (χ0) is 25.8. The Labute approximate surface area is 214 Å². The van der Waals surface area contributed by atoms with Crippen molar-refractivity contribution in [2.24, 2.45) is 0 Å². The first kappa shape index (κ1) is 28.9. The zero-order valence-corrected chi connectivity index (χ0v) is 21.5. The average Bonchev–Trinajstić information content (AvgIpc) is 2.89. The van der Waals surface area contributed by atoms with Crippen molar-refractivity contribution < 1.29 is 9.72 Å². The molecule has 2 aromatic rings. The lowest BCUT2D eigenvalue weighted by molar-refractivity contribution is -0.383. The number of aromatic nitrogens is 3. The van der Waals surface area contributed by atoms with Crippen molar-refractivity contribution >= 4 is 23.2 Å². The molecular weight excluding hydrogens is 458 g/mol.